The molecule has 0 aliphatic carbocycles. The maximum Gasteiger partial charge on any atom is 0.273 e. The van der Waals surface area contributed by atoms with Crippen molar-refractivity contribution in [1.29, 1.82) is 0 Å². The minimum Gasteiger partial charge on any atom is -0.335 e. The van der Waals surface area contributed by atoms with E-state index >= 15 is 0 Å². The summed E-state index contributed by atoms with van der Waals surface area (Å²) in [5, 5.41) is 5.03. The molecule has 2 aromatic rings. The van der Waals surface area contributed by atoms with Crippen LogP contribution in [0.15, 0.2) is 34.9 Å². The molecule has 0 spiro atoms. The molecule has 0 N–H and O–H groups in total. The van der Waals surface area contributed by atoms with Crippen LogP contribution in [0, 0.1) is 0 Å². The van der Waals surface area contributed by atoms with Crippen molar-refractivity contribution in [2.24, 2.45) is 0 Å². The van der Waals surface area contributed by atoms with E-state index in [4.69, 9.17) is 11.6 Å². The highest BCUT2D eigenvalue weighted by Crippen LogP contribution is 2.21. The first-order valence-electron chi connectivity index (χ1n) is 8.06. The summed E-state index contributed by atoms with van der Waals surface area (Å²) in [6.45, 7) is 6.59. The predicted molar refractivity (Wildman–Crippen MR) is 98.2 cm³/mol. The molecule has 1 aliphatic rings. The van der Waals surface area contributed by atoms with Crippen molar-refractivity contribution >= 4 is 33.4 Å². The van der Waals surface area contributed by atoms with Crippen LogP contribution in [0.5, 0.6) is 0 Å². The molecule has 1 aromatic heterocycles. The van der Waals surface area contributed by atoms with E-state index in [1.54, 1.807) is 10.9 Å². The summed E-state index contributed by atoms with van der Waals surface area (Å²) in [4.78, 5) is 17.0. The van der Waals surface area contributed by atoms with Crippen molar-refractivity contribution in [3.05, 3.63) is 51.2 Å². The molecular formula is C17H20BrClN4O. The predicted octanol–water partition coefficient (Wildman–Crippen LogP) is 3.28. The first-order valence-corrected chi connectivity index (χ1v) is 9.23. The van der Waals surface area contributed by atoms with Crippen molar-refractivity contribution < 1.29 is 4.79 Å². The zero-order valence-electron chi connectivity index (χ0n) is 13.6. The van der Waals surface area contributed by atoms with Gasteiger partial charge < -0.3 is 4.90 Å². The number of halogens is 2. The Morgan fingerprint density at radius 3 is 2.62 bits per heavy atom. The quantitative estimate of drug-likeness (QED) is 0.775. The number of amides is 1. The van der Waals surface area contributed by atoms with Crippen molar-refractivity contribution in [1.82, 2.24) is 19.6 Å². The van der Waals surface area contributed by atoms with E-state index in [0.717, 1.165) is 34.7 Å². The molecule has 0 radical (unpaired) electrons. The number of carbonyl (C=O) groups excluding carboxylic acids is 1. The van der Waals surface area contributed by atoms with Gasteiger partial charge in [0.25, 0.3) is 5.91 Å². The minimum absolute atomic E-state index is 0.0404. The van der Waals surface area contributed by atoms with Crippen molar-refractivity contribution in [2.45, 2.75) is 20.0 Å². The fourth-order valence-electron chi connectivity index (χ4n) is 2.94. The summed E-state index contributed by atoms with van der Waals surface area (Å²) in [7, 11) is 0. The van der Waals surface area contributed by atoms with Gasteiger partial charge in [-0.2, -0.15) is 5.10 Å². The third-order valence-corrected chi connectivity index (χ3v) is 5.26. The van der Waals surface area contributed by atoms with E-state index < -0.39 is 0 Å². The van der Waals surface area contributed by atoms with Crippen LogP contribution >= 0.6 is 27.5 Å². The Labute approximate surface area is 155 Å². The highest BCUT2D eigenvalue weighted by atomic mass is 79.9. The number of aryl methyl sites for hydroxylation is 1. The number of piperazine rings is 1. The van der Waals surface area contributed by atoms with Gasteiger partial charge in [0.1, 0.15) is 5.69 Å². The van der Waals surface area contributed by atoms with Gasteiger partial charge in [-0.15, -0.1) is 0 Å². The van der Waals surface area contributed by atoms with Crippen LogP contribution < -0.4 is 0 Å². The fourth-order valence-corrected chi connectivity index (χ4v) is 3.60. The number of carbonyl (C=O) groups is 1. The number of benzene rings is 1. The van der Waals surface area contributed by atoms with Gasteiger partial charge in [0.15, 0.2) is 0 Å². The SMILES string of the molecule is CCn1ncc(Br)c1C(=O)N1CCN(Cc2ccccc2Cl)CC1. The summed E-state index contributed by atoms with van der Waals surface area (Å²) in [5.74, 6) is 0.0404. The second kappa shape index (κ2) is 7.68. The van der Waals surface area contributed by atoms with Crippen LogP contribution in [0.25, 0.3) is 0 Å². The van der Waals surface area contributed by atoms with Gasteiger partial charge in [0, 0.05) is 44.3 Å². The molecule has 1 aromatic carbocycles. The molecule has 1 saturated heterocycles. The van der Waals surface area contributed by atoms with Gasteiger partial charge in [0.2, 0.25) is 0 Å². The van der Waals surface area contributed by atoms with Crippen LogP contribution in [0.4, 0.5) is 0 Å². The Morgan fingerprint density at radius 2 is 1.96 bits per heavy atom. The number of rotatable bonds is 4. The van der Waals surface area contributed by atoms with Crippen LogP contribution in [-0.2, 0) is 13.1 Å². The lowest BCUT2D eigenvalue weighted by atomic mass is 10.2. The number of aromatic nitrogens is 2. The molecule has 0 saturated carbocycles. The lowest BCUT2D eigenvalue weighted by Crippen LogP contribution is -2.48. The molecule has 3 rings (SSSR count). The Hall–Kier alpha value is -1.37. The van der Waals surface area contributed by atoms with E-state index in [2.05, 4.69) is 32.0 Å². The molecule has 24 heavy (non-hydrogen) atoms. The molecule has 1 amide bonds. The molecular weight excluding hydrogens is 392 g/mol. The monoisotopic (exact) mass is 410 g/mol. The Balaban J connectivity index is 1.62. The standard InChI is InChI=1S/C17H20BrClN4O/c1-2-23-16(14(18)11-20-23)17(24)22-9-7-21(8-10-22)12-13-5-3-4-6-15(13)19/h3-6,11H,2,7-10,12H2,1H3. The molecule has 2 heterocycles. The number of nitrogens with zero attached hydrogens (tertiary/aromatic N) is 4. The minimum atomic E-state index is 0.0404. The summed E-state index contributed by atoms with van der Waals surface area (Å²) < 4.78 is 2.50. The molecule has 128 valence electrons. The second-order valence-corrected chi connectivity index (χ2v) is 7.08. The van der Waals surface area contributed by atoms with Crippen molar-refractivity contribution in [3.8, 4) is 0 Å². The first kappa shape index (κ1) is 17.5. The maximum absolute atomic E-state index is 12.8. The normalized spacial score (nSPS) is 15.7. The van der Waals surface area contributed by atoms with Gasteiger partial charge in [-0.1, -0.05) is 29.8 Å². The van der Waals surface area contributed by atoms with Crippen LogP contribution in [0.1, 0.15) is 23.0 Å². The van der Waals surface area contributed by atoms with Crippen LogP contribution in [-0.4, -0.2) is 51.7 Å². The Bertz CT molecular complexity index is 725. The molecule has 0 atom stereocenters. The van der Waals surface area contributed by atoms with Gasteiger partial charge in [0.05, 0.1) is 10.7 Å². The average Bonchev–Trinajstić information content (AvgIpc) is 2.98. The highest BCUT2D eigenvalue weighted by Gasteiger charge is 2.26. The van der Waals surface area contributed by atoms with E-state index in [0.29, 0.717) is 25.3 Å². The third kappa shape index (κ3) is 3.66. The largest absolute Gasteiger partial charge is 0.335 e. The number of hydrogen-bond donors (Lipinski definition) is 0. The van der Waals surface area contributed by atoms with Crippen LogP contribution in [0.3, 0.4) is 0 Å². The summed E-state index contributed by atoms with van der Waals surface area (Å²) in [5.41, 5.74) is 1.77. The van der Waals surface area contributed by atoms with Gasteiger partial charge in [-0.3, -0.25) is 14.4 Å². The zero-order valence-corrected chi connectivity index (χ0v) is 15.9. The van der Waals surface area contributed by atoms with Crippen molar-refractivity contribution in [2.75, 3.05) is 26.2 Å². The summed E-state index contributed by atoms with van der Waals surface area (Å²) >= 11 is 9.67. The van der Waals surface area contributed by atoms with E-state index in [1.807, 2.05) is 30.0 Å². The fraction of sp³-hybridized carbons (Fsp3) is 0.412. The van der Waals surface area contributed by atoms with E-state index in [9.17, 15) is 4.79 Å². The Morgan fingerprint density at radius 1 is 1.25 bits per heavy atom. The summed E-state index contributed by atoms with van der Waals surface area (Å²) in [6, 6.07) is 7.92. The van der Waals surface area contributed by atoms with E-state index in [-0.39, 0.29) is 5.91 Å². The average molecular weight is 412 g/mol. The zero-order chi connectivity index (χ0) is 17.1. The Kier molecular flexibility index (Phi) is 5.58. The lowest BCUT2D eigenvalue weighted by molar-refractivity contribution is 0.0615. The maximum atomic E-state index is 12.8. The van der Waals surface area contributed by atoms with Gasteiger partial charge in [-0.05, 0) is 34.5 Å². The molecule has 0 bridgehead atoms. The van der Waals surface area contributed by atoms with Crippen molar-refractivity contribution in [3.63, 3.8) is 0 Å². The molecule has 0 unspecified atom stereocenters. The number of hydrogen-bond acceptors (Lipinski definition) is 3. The van der Waals surface area contributed by atoms with E-state index in [1.165, 1.54) is 0 Å². The second-order valence-electron chi connectivity index (χ2n) is 5.82. The third-order valence-electron chi connectivity index (χ3n) is 4.31. The molecule has 1 fully saturated rings. The highest BCUT2D eigenvalue weighted by molar-refractivity contribution is 9.10. The smallest absolute Gasteiger partial charge is 0.273 e. The molecule has 1 aliphatic heterocycles. The summed E-state index contributed by atoms with van der Waals surface area (Å²) in [6.07, 6.45) is 1.68. The van der Waals surface area contributed by atoms with Gasteiger partial charge in [-0.25, -0.2) is 0 Å². The topological polar surface area (TPSA) is 41.4 Å². The van der Waals surface area contributed by atoms with Gasteiger partial charge >= 0.3 is 0 Å². The lowest BCUT2D eigenvalue weighted by Gasteiger charge is -2.35. The molecule has 5 nitrogen and oxygen atoms in total. The van der Waals surface area contributed by atoms with Crippen LogP contribution in [0.2, 0.25) is 5.02 Å². The first-order chi connectivity index (χ1) is 11.6. The molecule has 7 heteroatoms.